The molecule has 0 bridgehead atoms. The molecular weight excluding hydrogens is 446 g/mol. The van der Waals surface area contributed by atoms with E-state index in [1.165, 1.54) is 93.9 Å². The van der Waals surface area contributed by atoms with Gasteiger partial charge in [0.25, 0.3) is 0 Å². The van der Waals surface area contributed by atoms with Gasteiger partial charge in [0, 0.05) is 16.7 Å². The molecule has 0 saturated carbocycles. The Morgan fingerprint density at radius 1 is 0.459 bits per heavy atom. The highest BCUT2D eigenvalue weighted by molar-refractivity contribution is 5.17. The lowest BCUT2D eigenvalue weighted by Crippen LogP contribution is -2.46. The molecule has 0 spiro atoms. The summed E-state index contributed by atoms with van der Waals surface area (Å²) in [6, 6.07) is 33.4. The second-order valence-electron chi connectivity index (χ2n) is 10.9. The van der Waals surface area contributed by atoms with Crippen LogP contribution in [0.3, 0.4) is 0 Å². The number of hydrogen-bond donors (Lipinski definition) is 0. The standard InChI is InChI=1S/C36H50N/c1-2-3-4-5-6-7-8-9-10-11-12-13-23-30-37(31-34-24-17-14-18-25-34,32-35-26-19-15-20-27-35)33-36-28-21-16-22-29-36/h5-6,14-22,24-29H,2-4,7-13,23,30-33H2,1H3/q+1/b6-5+. The van der Waals surface area contributed by atoms with Crippen LogP contribution in [0.15, 0.2) is 103 Å². The number of unbranched alkanes of at least 4 members (excludes halogenated alkanes) is 9. The first kappa shape index (κ1) is 28.9. The molecule has 0 atom stereocenters. The lowest BCUT2D eigenvalue weighted by Gasteiger charge is -2.39. The van der Waals surface area contributed by atoms with E-state index in [0.29, 0.717) is 0 Å². The van der Waals surface area contributed by atoms with Crippen molar-refractivity contribution in [1.82, 2.24) is 0 Å². The van der Waals surface area contributed by atoms with Crippen LogP contribution in [0.1, 0.15) is 94.2 Å². The van der Waals surface area contributed by atoms with Crippen LogP contribution < -0.4 is 0 Å². The molecule has 0 heterocycles. The van der Waals surface area contributed by atoms with Crippen LogP contribution in [0.5, 0.6) is 0 Å². The largest absolute Gasteiger partial charge is 0.312 e. The molecule has 1 heteroatoms. The number of quaternary nitrogens is 1. The summed E-state index contributed by atoms with van der Waals surface area (Å²) in [6.45, 7) is 6.73. The van der Waals surface area contributed by atoms with Crippen LogP contribution in [-0.4, -0.2) is 11.0 Å². The Balaban J connectivity index is 1.54. The molecule has 3 rings (SSSR count). The van der Waals surface area contributed by atoms with Gasteiger partial charge in [0.1, 0.15) is 19.6 Å². The number of nitrogens with zero attached hydrogens (tertiary/aromatic N) is 1. The zero-order valence-corrected chi connectivity index (χ0v) is 23.4. The zero-order valence-electron chi connectivity index (χ0n) is 23.4. The molecule has 0 aliphatic carbocycles. The molecule has 0 saturated heterocycles. The van der Waals surface area contributed by atoms with Crippen LogP contribution in [0, 0.1) is 0 Å². The molecule has 1 nitrogen and oxygen atoms in total. The second-order valence-corrected chi connectivity index (χ2v) is 10.9. The fourth-order valence-electron chi connectivity index (χ4n) is 5.47. The van der Waals surface area contributed by atoms with Crippen molar-refractivity contribution in [3.63, 3.8) is 0 Å². The van der Waals surface area contributed by atoms with E-state index in [-0.39, 0.29) is 0 Å². The van der Waals surface area contributed by atoms with E-state index in [1.807, 2.05) is 0 Å². The number of rotatable bonds is 19. The van der Waals surface area contributed by atoms with Crippen molar-refractivity contribution in [2.24, 2.45) is 0 Å². The Hall–Kier alpha value is -2.64. The molecule has 37 heavy (non-hydrogen) atoms. The predicted octanol–water partition coefficient (Wildman–Crippen LogP) is 10.3. The maximum absolute atomic E-state index is 2.40. The van der Waals surface area contributed by atoms with Crippen LogP contribution in [0.2, 0.25) is 0 Å². The van der Waals surface area contributed by atoms with Crippen LogP contribution in [0.4, 0.5) is 0 Å². The maximum Gasteiger partial charge on any atom is 0.105 e. The molecule has 0 fully saturated rings. The van der Waals surface area contributed by atoms with Gasteiger partial charge in [-0.15, -0.1) is 0 Å². The van der Waals surface area contributed by atoms with E-state index < -0.39 is 0 Å². The topological polar surface area (TPSA) is 0 Å². The van der Waals surface area contributed by atoms with E-state index >= 15 is 0 Å². The molecule has 0 radical (unpaired) electrons. The van der Waals surface area contributed by atoms with Crippen molar-refractivity contribution in [3.05, 3.63) is 120 Å². The third-order valence-electron chi connectivity index (χ3n) is 7.48. The van der Waals surface area contributed by atoms with Gasteiger partial charge in [-0.3, -0.25) is 0 Å². The molecule has 0 amide bonds. The van der Waals surface area contributed by atoms with Crippen LogP contribution in [0.25, 0.3) is 0 Å². The van der Waals surface area contributed by atoms with E-state index in [1.54, 1.807) is 0 Å². The van der Waals surface area contributed by atoms with Crippen molar-refractivity contribution in [2.45, 2.75) is 97.2 Å². The van der Waals surface area contributed by atoms with Gasteiger partial charge in [-0.1, -0.05) is 149 Å². The van der Waals surface area contributed by atoms with E-state index in [0.717, 1.165) is 24.1 Å². The molecule has 0 N–H and O–H groups in total. The fraction of sp³-hybridized carbons (Fsp3) is 0.444. The molecule has 0 unspecified atom stereocenters. The quantitative estimate of drug-likeness (QED) is 0.0879. The van der Waals surface area contributed by atoms with E-state index in [9.17, 15) is 0 Å². The first-order valence-corrected chi connectivity index (χ1v) is 14.9. The Bertz CT molecular complexity index is 860. The van der Waals surface area contributed by atoms with E-state index in [2.05, 4.69) is 110 Å². The Morgan fingerprint density at radius 3 is 1.27 bits per heavy atom. The molecule has 198 valence electrons. The Morgan fingerprint density at radius 2 is 0.838 bits per heavy atom. The van der Waals surface area contributed by atoms with Gasteiger partial charge >= 0.3 is 0 Å². The molecule has 0 aliphatic heterocycles. The summed E-state index contributed by atoms with van der Waals surface area (Å²) in [4.78, 5) is 0. The smallest absolute Gasteiger partial charge is 0.105 e. The average molecular weight is 497 g/mol. The predicted molar refractivity (Wildman–Crippen MR) is 161 cm³/mol. The lowest BCUT2D eigenvalue weighted by atomic mass is 10.0. The van der Waals surface area contributed by atoms with Gasteiger partial charge in [-0.25, -0.2) is 0 Å². The van der Waals surface area contributed by atoms with Crippen LogP contribution in [-0.2, 0) is 19.6 Å². The highest BCUT2D eigenvalue weighted by Crippen LogP contribution is 2.26. The molecule has 0 aliphatic rings. The minimum atomic E-state index is 1.08. The summed E-state index contributed by atoms with van der Waals surface area (Å²) in [5.74, 6) is 0. The van der Waals surface area contributed by atoms with Gasteiger partial charge in [-0.05, 0) is 32.1 Å². The Labute approximate surface area is 227 Å². The average Bonchev–Trinajstić information content (AvgIpc) is 2.93. The molecular formula is C36H50N+. The first-order valence-electron chi connectivity index (χ1n) is 14.9. The van der Waals surface area contributed by atoms with Crippen molar-refractivity contribution in [3.8, 4) is 0 Å². The maximum atomic E-state index is 2.40. The summed E-state index contributed by atoms with van der Waals surface area (Å²) in [5, 5.41) is 0. The lowest BCUT2D eigenvalue weighted by molar-refractivity contribution is -0.966. The summed E-state index contributed by atoms with van der Waals surface area (Å²) in [7, 11) is 0. The molecule has 3 aromatic carbocycles. The summed E-state index contributed by atoms with van der Waals surface area (Å²) in [5.41, 5.74) is 4.33. The highest BCUT2D eigenvalue weighted by atomic mass is 15.3. The minimum Gasteiger partial charge on any atom is -0.312 e. The summed E-state index contributed by atoms with van der Waals surface area (Å²) in [6.07, 6.45) is 19.5. The zero-order chi connectivity index (χ0) is 25.9. The van der Waals surface area contributed by atoms with Crippen molar-refractivity contribution in [1.29, 1.82) is 0 Å². The van der Waals surface area contributed by atoms with Gasteiger partial charge in [0.15, 0.2) is 0 Å². The summed E-state index contributed by atoms with van der Waals surface area (Å²) >= 11 is 0. The molecule has 3 aromatic rings. The van der Waals surface area contributed by atoms with Crippen molar-refractivity contribution >= 4 is 0 Å². The third-order valence-corrected chi connectivity index (χ3v) is 7.48. The van der Waals surface area contributed by atoms with Gasteiger partial charge in [0.05, 0.1) is 6.54 Å². The second kappa shape index (κ2) is 17.8. The van der Waals surface area contributed by atoms with Gasteiger partial charge in [0.2, 0.25) is 0 Å². The highest BCUT2D eigenvalue weighted by Gasteiger charge is 2.28. The van der Waals surface area contributed by atoms with Gasteiger partial charge < -0.3 is 4.48 Å². The van der Waals surface area contributed by atoms with Crippen LogP contribution >= 0.6 is 0 Å². The SMILES string of the molecule is CCCC/C=C/CCCCCCCCC[N+](Cc1ccccc1)(Cc1ccccc1)Cc1ccccc1. The fourth-order valence-corrected chi connectivity index (χ4v) is 5.47. The number of hydrogen-bond acceptors (Lipinski definition) is 0. The Kier molecular flexibility index (Phi) is 13.9. The monoisotopic (exact) mass is 496 g/mol. The van der Waals surface area contributed by atoms with Crippen molar-refractivity contribution in [2.75, 3.05) is 6.54 Å². The number of benzene rings is 3. The van der Waals surface area contributed by atoms with Crippen molar-refractivity contribution < 1.29 is 4.48 Å². The molecule has 0 aromatic heterocycles. The minimum absolute atomic E-state index is 1.08. The third kappa shape index (κ3) is 12.0. The first-order chi connectivity index (χ1) is 18.3. The normalized spacial score (nSPS) is 11.8. The summed E-state index contributed by atoms with van der Waals surface area (Å²) < 4.78 is 1.09. The number of allylic oxidation sites excluding steroid dienone is 2. The van der Waals surface area contributed by atoms with Gasteiger partial charge in [-0.2, -0.15) is 0 Å². The van der Waals surface area contributed by atoms with E-state index in [4.69, 9.17) is 0 Å².